The molecule has 0 radical (unpaired) electrons. The molecule has 1 saturated heterocycles. The van der Waals surface area contributed by atoms with Gasteiger partial charge in [-0.3, -0.25) is 9.69 Å². The maximum atomic E-state index is 12.1. The van der Waals surface area contributed by atoms with E-state index in [9.17, 15) is 9.90 Å². The highest BCUT2D eigenvalue weighted by Gasteiger charge is 2.37. The number of aliphatic hydroxyl groups excluding tert-OH is 1. The van der Waals surface area contributed by atoms with E-state index in [1.807, 2.05) is 6.92 Å². The second-order valence-corrected chi connectivity index (χ2v) is 5.48. The Morgan fingerprint density at radius 1 is 1.37 bits per heavy atom. The number of carbonyl (C=O) groups is 1. The van der Waals surface area contributed by atoms with Crippen molar-refractivity contribution in [2.45, 2.75) is 57.2 Å². The van der Waals surface area contributed by atoms with Crippen molar-refractivity contribution in [1.82, 2.24) is 10.2 Å². The largest absolute Gasteiger partial charge is 0.465 e. The first-order valence-corrected chi connectivity index (χ1v) is 7.55. The second kappa shape index (κ2) is 7.22. The number of rotatable bonds is 3. The van der Waals surface area contributed by atoms with E-state index >= 15 is 0 Å². The molecule has 0 amide bonds. The molecule has 2 N–H and O–H groups in total. The zero-order valence-electron chi connectivity index (χ0n) is 11.8. The number of aliphatic hydroxyl groups is 1. The van der Waals surface area contributed by atoms with Crippen molar-refractivity contribution in [3.8, 4) is 0 Å². The van der Waals surface area contributed by atoms with Crippen LogP contribution < -0.4 is 5.32 Å². The monoisotopic (exact) mass is 270 g/mol. The van der Waals surface area contributed by atoms with Gasteiger partial charge in [0, 0.05) is 25.7 Å². The average molecular weight is 270 g/mol. The lowest BCUT2D eigenvalue weighted by atomic mass is 10.0. The number of carbonyl (C=O) groups excluding carboxylic acids is 1. The van der Waals surface area contributed by atoms with Gasteiger partial charge in [0.25, 0.3) is 0 Å². The maximum Gasteiger partial charge on any atom is 0.324 e. The third-order valence-corrected chi connectivity index (χ3v) is 4.21. The molecule has 0 bridgehead atoms. The number of hydrogen-bond donors (Lipinski definition) is 2. The van der Waals surface area contributed by atoms with Crippen molar-refractivity contribution in [1.29, 1.82) is 0 Å². The molecule has 3 atom stereocenters. The van der Waals surface area contributed by atoms with Crippen LogP contribution >= 0.6 is 0 Å². The molecule has 1 saturated carbocycles. The van der Waals surface area contributed by atoms with Gasteiger partial charge in [0.15, 0.2) is 0 Å². The van der Waals surface area contributed by atoms with Gasteiger partial charge in [-0.05, 0) is 19.8 Å². The predicted molar refractivity (Wildman–Crippen MR) is 72.9 cm³/mol. The van der Waals surface area contributed by atoms with Gasteiger partial charge in [0.05, 0.1) is 12.7 Å². The van der Waals surface area contributed by atoms with E-state index in [0.717, 1.165) is 38.8 Å². The normalized spacial score (nSPS) is 33.7. The molecule has 1 heterocycles. The SMILES string of the molecule is CCOC(=O)C1CNCCN1C1CCCCCC1O. The molecule has 2 fully saturated rings. The van der Waals surface area contributed by atoms with Crippen LogP contribution in [-0.2, 0) is 9.53 Å². The van der Waals surface area contributed by atoms with Gasteiger partial charge in [-0.1, -0.05) is 19.3 Å². The third kappa shape index (κ3) is 3.68. The average Bonchev–Trinajstić information content (AvgIpc) is 2.64. The fraction of sp³-hybridized carbons (Fsp3) is 0.929. The number of piperazine rings is 1. The summed E-state index contributed by atoms with van der Waals surface area (Å²) in [5.41, 5.74) is 0. The topological polar surface area (TPSA) is 61.8 Å². The van der Waals surface area contributed by atoms with Gasteiger partial charge in [-0.15, -0.1) is 0 Å². The minimum atomic E-state index is -0.308. The highest BCUT2D eigenvalue weighted by atomic mass is 16.5. The highest BCUT2D eigenvalue weighted by Crippen LogP contribution is 2.25. The van der Waals surface area contributed by atoms with Crippen molar-refractivity contribution >= 4 is 5.97 Å². The summed E-state index contributed by atoms with van der Waals surface area (Å²) in [5.74, 6) is -0.161. The maximum absolute atomic E-state index is 12.1. The first kappa shape index (κ1) is 14.8. The molecule has 0 aromatic heterocycles. The van der Waals surface area contributed by atoms with Gasteiger partial charge in [0.2, 0.25) is 0 Å². The summed E-state index contributed by atoms with van der Waals surface area (Å²) < 4.78 is 5.17. The fourth-order valence-corrected chi connectivity index (χ4v) is 3.23. The Morgan fingerprint density at radius 2 is 2.16 bits per heavy atom. The number of nitrogens with zero attached hydrogens (tertiary/aromatic N) is 1. The van der Waals surface area contributed by atoms with Crippen LogP contribution in [0.15, 0.2) is 0 Å². The molecule has 110 valence electrons. The predicted octanol–water partition coefficient (Wildman–Crippen LogP) is 0.517. The van der Waals surface area contributed by atoms with Crippen LogP contribution in [0.5, 0.6) is 0 Å². The van der Waals surface area contributed by atoms with Crippen LogP contribution in [0.2, 0.25) is 0 Å². The zero-order valence-corrected chi connectivity index (χ0v) is 11.8. The van der Waals surface area contributed by atoms with Crippen molar-refractivity contribution in [3.63, 3.8) is 0 Å². The Morgan fingerprint density at radius 3 is 2.95 bits per heavy atom. The van der Waals surface area contributed by atoms with E-state index in [1.54, 1.807) is 0 Å². The van der Waals surface area contributed by atoms with Crippen LogP contribution in [-0.4, -0.2) is 60.4 Å². The molecule has 2 rings (SSSR count). The number of hydrogen-bond acceptors (Lipinski definition) is 5. The van der Waals surface area contributed by atoms with Crippen molar-refractivity contribution in [2.24, 2.45) is 0 Å². The molecule has 0 spiro atoms. The van der Waals surface area contributed by atoms with Crippen LogP contribution in [0.1, 0.15) is 39.0 Å². The Labute approximate surface area is 115 Å². The van der Waals surface area contributed by atoms with E-state index in [-0.39, 0.29) is 24.2 Å². The van der Waals surface area contributed by atoms with Crippen LogP contribution in [0.3, 0.4) is 0 Å². The van der Waals surface area contributed by atoms with Gasteiger partial charge >= 0.3 is 5.97 Å². The lowest BCUT2D eigenvalue weighted by molar-refractivity contribution is -0.152. The first-order chi connectivity index (χ1) is 9.24. The molecule has 5 nitrogen and oxygen atoms in total. The molecule has 5 heteroatoms. The van der Waals surface area contributed by atoms with E-state index in [4.69, 9.17) is 4.74 Å². The van der Waals surface area contributed by atoms with Crippen LogP contribution in [0.25, 0.3) is 0 Å². The lowest BCUT2D eigenvalue weighted by Gasteiger charge is -2.41. The zero-order chi connectivity index (χ0) is 13.7. The first-order valence-electron chi connectivity index (χ1n) is 7.55. The molecule has 3 unspecified atom stereocenters. The van der Waals surface area contributed by atoms with Crippen LogP contribution in [0.4, 0.5) is 0 Å². The van der Waals surface area contributed by atoms with E-state index in [0.29, 0.717) is 13.2 Å². The van der Waals surface area contributed by atoms with E-state index < -0.39 is 0 Å². The minimum Gasteiger partial charge on any atom is -0.465 e. The molecule has 0 aromatic carbocycles. The van der Waals surface area contributed by atoms with Crippen molar-refractivity contribution in [2.75, 3.05) is 26.2 Å². The molecule has 1 aliphatic carbocycles. The van der Waals surface area contributed by atoms with Gasteiger partial charge < -0.3 is 15.2 Å². The van der Waals surface area contributed by atoms with Gasteiger partial charge in [-0.25, -0.2) is 0 Å². The summed E-state index contributed by atoms with van der Waals surface area (Å²) >= 11 is 0. The number of nitrogens with one attached hydrogen (secondary N) is 1. The quantitative estimate of drug-likeness (QED) is 0.578. The van der Waals surface area contributed by atoms with Crippen LogP contribution in [0, 0.1) is 0 Å². The van der Waals surface area contributed by atoms with E-state index in [2.05, 4.69) is 10.2 Å². The molecular weight excluding hydrogens is 244 g/mol. The Kier molecular flexibility index (Phi) is 5.60. The fourth-order valence-electron chi connectivity index (χ4n) is 3.23. The van der Waals surface area contributed by atoms with Crippen molar-refractivity contribution < 1.29 is 14.6 Å². The Hall–Kier alpha value is -0.650. The smallest absolute Gasteiger partial charge is 0.324 e. The molecule has 2 aliphatic rings. The molecule has 1 aliphatic heterocycles. The summed E-state index contributed by atoms with van der Waals surface area (Å²) in [6, 6.07) is -0.134. The molecule has 0 aromatic rings. The Bertz CT molecular complexity index is 298. The highest BCUT2D eigenvalue weighted by molar-refractivity contribution is 5.76. The Balaban J connectivity index is 2.06. The summed E-state index contributed by atoms with van der Waals surface area (Å²) in [4.78, 5) is 14.2. The summed E-state index contributed by atoms with van der Waals surface area (Å²) in [5, 5.41) is 13.6. The number of esters is 1. The number of ether oxygens (including phenoxy) is 1. The second-order valence-electron chi connectivity index (χ2n) is 5.48. The summed E-state index contributed by atoms with van der Waals surface area (Å²) in [7, 11) is 0. The summed E-state index contributed by atoms with van der Waals surface area (Å²) in [6.07, 6.45) is 4.94. The van der Waals surface area contributed by atoms with E-state index in [1.165, 1.54) is 6.42 Å². The lowest BCUT2D eigenvalue weighted by Crippen LogP contribution is -2.61. The standard InChI is InChI=1S/C14H26N2O3/c1-2-19-14(18)12-10-15-8-9-16(12)11-6-4-3-5-7-13(11)17/h11-13,15,17H,2-10H2,1H3. The molecular formula is C14H26N2O3. The third-order valence-electron chi connectivity index (χ3n) is 4.21. The van der Waals surface area contributed by atoms with Gasteiger partial charge in [0.1, 0.15) is 6.04 Å². The molecule has 19 heavy (non-hydrogen) atoms. The van der Waals surface area contributed by atoms with Gasteiger partial charge in [-0.2, -0.15) is 0 Å². The minimum absolute atomic E-state index is 0.110. The summed E-state index contributed by atoms with van der Waals surface area (Å²) in [6.45, 7) is 4.56. The van der Waals surface area contributed by atoms with Crippen molar-refractivity contribution in [3.05, 3.63) is 0 Å².